The maximum Gasteiger partial charge on any atom is 0.228 e. The minimum absolute atomic E-state index is 0.146. The predicted molar refractivity (Wildman–Crippen MR) is 124 cm³/mol. The number of carbonyl (C=O) groups is 2. The van der Waals surface area contributed by atoms with E-state index in [0.29, 0.717) is 40.5 Å². The standard InChI is InChI=1S/C26H24ClFN2O2/c27-21-12-13-24(22(15-21)25(31)18-7-2-1-3-8-18)29-26(32)20-10-6-14-30(17-20)16-19-9-4-5-11-23(19)28/h1-5,7-9,11-13,15,20H,6,10,14,16-17H2,(H,29,32). The summed E-state index contributed by atoms with van der Waals surface area (Å²) in [6.45, 7) is 1.82. The third-order valence-electron chi connectivity index (χ3n) is 5.75. The molecule has 1 N–H and O–H groups in total. The molecule has 1 fully saturated rings. The van der Waals surface area contributed by atoms with Gasteiger partial charge in [0, 0.05) is 34.8 Å². The van der Waals surface area contributed by atoms with Gasteiger partial charge in [0.1, 0.15) is 5.82 Å². The quantitative estimate of drug-likeness (QED) is 0.500. The van der Waals surface area contributed by atoms with Crippen LogP contribution in [-0.4, -0.2) is 29.7 Å². The van der Waals surface area contributed by atoms with Crippen LogP contribution < -0.4 is 5.32 Å². The first kappa shape index (κ1) is 22.2. The zero-order chi connectivity index (χ0) is 22.5. The molecule has 3 aromatic carbocycles. The number of carbonyl (C=O) groups excluding carboxylic acids is 2. The molecule has 1 unspecified atom stereocenters. The highest BCUT2D eigenvalue weighted by Gasteiger charge is 2.27. The Balaban J connectivity index is 1.48. The second-order valence-electron chi connectivity index (χ2n) is 8.04. The maximum absolute atomic E-state index is 14.0. The minimum Gasteiger partial charge on any atom is -0.325 e. The number of rotatable bonds is 6. The van der Waals surface area contributed by atoms with Crippen molar-refractivity contribution in [2.75, 3.05) is 18.4 Å². The van der Waals surface area contributed by atoms with Gasteiger partial charge in [-0.1, -0.05) is 60.1 Å². The summed E-state index contributed by atoms with van der Waals surface area (Å²) >= 11 is 6.14. The van der Waals surface area contributed by atoms with Crippen molar-refractivity contribution in [2.45, 2.75) is 19.4 Å². The van der Waals surface area contributed by atoms with E-state index in [2.05, 4.69) is 10.2 Å². The molecule has 0 aliphatic carbocycles. The molecule has 3 aromatic rings. The van der Waals surface area contributed by atoms with Crippen molar-refractivity contribution < 1.29 is 14.0 Å². The normalized spacial score (nSPS) is 16.5. The van der Waals surface area contributed by atoms with Gasteiger partial charge in [0.05, 0.1) is 11.6 Å². The molecule has 6 heteroatoms. The second kappa shape index (κ2) is 10.1. The molecule has 0 bridgehead atoms. The van der Waals surface area contributed by atoms with E-state index in [1.807, 2.05) is 12.1 Å². The SMILES string of the molecule is O=C(c1ccccc1)c1cc(Cl)ccc1NC(=O)C1CCCN(Cc2ccccc2F)C1. The lowest BCUT2D eigenvalue weighted by atomic mass is 9.95. The Hall–Kier alpha value is -3.02. The zero-order valence-electron chi connectivity index (χ0n) is 17.6. The van der Waals surface area contributed by atoms with Gasteiger partial charge in [0.2, 0.25) is 5.91 Å². The maximum atomic E-state index is 14.0. The second-order valence-corrected chi connectivity index (χ2v) is 8.48. The molecule has 1 aliphatic rings. The van der Waals surface area contributed by atoms with Crippen molar-refractivity contribution in [3.05, 3.63) is 100 Å². The number of anilines is 1. The lowest BCUT2D eigenvalue weighted by Gasteiger charge is -2.32. The highest BCUT2D eigenvalue weighted by molar-refractivity contribution is 6.31. The number of amides is 1. The number of halogens is 2. The van der Waals surface area contributed by atoms with Gasteiger partial charge in [0.15, 0.2) is 5.78 Å². The van der Waals surface area contributed by atoms with Gasteiger partial charge < -0.3 is 5.32 Å². The third kappa shape index (κ3) is 5.23. The largest absolute Gasteiger partial charge is 0.325 e. The monoisotopic (exact) mass is 450 g/mol. The summed E-state index contributed by atoms with van der Waals surface area (Å²) in [5, 5.41) is 3.36. The Labute approximate surface area is 192 Å². The molecule has 1 heterocycles. The van der Waals surface area contributed by atoms with Crippen LogP contribution in [-0.2, 0) is 11.3 Å². The number of ketones is 1. The summed E-state index contributed by atoms with van der Waals surface area (Å²) in [6.07, 6.45) is 1.60. The number of hydrogen-bond donors (Lipinski definition) is 1. The summed E-state index contributed by atoms with van der Waals surface area (Å²) < 4.78 is 14.0. The molecule has 1 atom stereocenters. The molecule has 32 heavy (non-hydrogen) atoms. The van der Waals surface area contributed by atoms with Gasteiger partial charge in [-0.2, -0.15) is 0 Å². The molecule has 164 valence electrons. The van der Waals surface area contributed by atoms with Gasteiger partial charge >= 0.3 is 0 Å². The average molecular weight is 451 g/mol. The Morgan fingerprint density at radius 1 is 1.03 bits per heavy atom. The predicted octanol–water partition coefficient (Wildman–Crippen LogP) is 5.56. The lowest BCUT2D eigenvalue weighted by Crippen LogP contribution is -2.40. The first-order valence-electron chi connectivity index (χ1n) is 10.7. The number of likely N-dealkylation sites (tertiary alicyclic amines) is 1. The topological polar surface area (TPSA) is 49.4 Å². The molecular weight excluding hydrogens is 427 g/mol. The van der Waals surface area contributed by atoms with E-state index in [1.54, 1.807) is 54.6 Å². The Kier molecular flexibility index (Phi) is 6.98. The van der Waals surface area contributed by atoms with Crippen molar-refractivity contribution in [1.29, 1.82) is 0 Å². The molecule has 4 rings (SSSR count). The summed E-state index contributed by atoms with van der Waals surface area (Å²) in [4.78, 5) is 28.2. The molecule has 1 amide bonds. The van der Waals surface area contributed by atoms with E-state index < -0.39 is 0 Å². The fourth-order valence-corrected chi connectivity index (χ4v) is 4.25. The molecule has 0 saturated carbocycles. The summed E-state index contributed by atoms with van der Waals surface area (Å²) in [7, 11) is 0. The fourth-order valence-electron chi connectivity index (χ4n) is 4.07. The molecule has 0 radical (unpaired) electrons. The van der Waals surface area contributed by atoms with Gasteiger partial charge in [0.25, 0.3) is 0 Å². The van der Waals surface area contributed by atoms with Gasteiger partial charge in [-0.15, -0.1) is 0 Å². The molecule has 1 aliphatic heterocycles. The minimum atomic E-state index is -0.245. The Morgan fingerprint density at radius 2 is 1.78 bits per heavy atom. The molecule has 0 spiro atoms. The third-order valence-corrected chi connectivity index (χ3v) is 5.98. The first-order valence-corrected chi connectivity index (χ1v) is 11.0. The summed E-state index contributed by atoms with van der Waals surface area (Å²) in [5.74, 6) is -0.823. The van der Waals surface area contributed by atoms with E-state index in [0.717, 1.165) is 19.4 Å². The van der Waals surface area contributed by atoms with Crippen LogP contribution >= 0.6 is 11.6 Å². The highest BCUT2D eigenvalue weighted by atomic mass is 35.5. The van der Waals surface area contributed by atoms with Crippen LogP contribution in [0.2, 0.25) is 5.02 Å². The lowest BCUT2D eigenvalue weighted by molar-refractivity contribution is -0.121. The van der Waals surface area contributed by atoms with Crippen LogP contribution in [0.1, 0.15) is 34.3 Å². The number of hydrogen-bond acceptors (Lipinski definition) is 3. The van der Waals surface area contributed by atoms with Crippen LogP contribution in [0.15, 0.2) is 72.8 Å². The molecule has 4 nitrogen and oxygen atoms in total. The molecule has 1 saturated heterocycles. The summed E-state index contributed by atoms with van der Waals surface area (Å²) in [6, 6.07) is 20.5. The average Bonchev–Trinajstić information content (AvgIpc) is 2.82. The van der Waals surface area contributed by atoms with Crippen molar-refractivity contribution in [3.8, 4) is 0 Å². The van der Waals surface area contributed by atoms with Gasteiger partial charge in [-0.05, 0) is 43.7 Å². The van der Waals surface area contributed by atoms with Crippen molar-refractivity contribution in [1.82, 2.24) is 4.90 Å². The molecule has 0 aromatic heterocycles. The van der Waals surface area contributed by atoms with Crippen LogP contribution in [0.3, 0.4) is 0 Å². The van der Waals surface area contributed by atoms with Crippen LogP contribution in [0.5, 0.6) is 0 Å². The van der Waals surface area contributed by atoms with Crippen molar-refractivity contribution in [2.24, 2.45) is 5.92 Å². The number of nitrogens with one attached hydrogen (secondary N) is 1. The van der Waals surface area contributed by atoms with Crippen LogP contribution in [0.25, 0.3) is 0 Å². The number of benzene rings is 3. The Bertz CT molecular complexity index is 1120. The van der Waals surface area contributed by atoms with Gasteiger partial charge in [-0.25, -0.2) is 4.39 Å². The van der Waals surface area contributed by atoms with Gasteiger partial charge in [-0.3, -0.25) is 14.5 Å². The van der Waals surface area contributed by atoms with E-state index in [4.69, 9.17) is 11.6 Å². The van der Waals surface area contributed by atoms with E-state index in [1.165, 1.54) is 6.07 Å². The number of nitrogens with zero attached hydrogens (tertiary/aromatic N) is 1. The fraction of sp³-hybridized carbons (Fsp3) is 0.231. The highest BCUT2D eigenvalue weighted by Crippen LogP contribution is 2.26. The number of piperidine rings is 1. The molecular formula is C26H24ClFN2O2. The van der Waals surface area contributed by atoms with Crippen molar-refractivity contribution in [3.63, 3.8) is 0 Å². The van der Waals surface area contributed by atoms with E-state index in [-0.39, 0.29) is 23.4 Å². The van der Waals surface area contributed by atoms with Crippen molar-refractivity contribution >= 4 is 29.0 Å². The van der Waals surface area contributed by atoms with E-state index >= 15 is 0 Å². The zero-order valence-corrected chi connectivity index (χ0v) is 18.3. The van der Waals surface area contributed by atoms with E-state index in [9.17, 15) is 14.0 Å². The summed E-state index contributed by atoms with van der Waals surface area (Å²) in [5.41, 5.74) is 1.96. The smallest absolute Gasteiger partial charge is 0.228 e. The van der Waals surface area contributed by atoms with Crippen LogP contribution in [0.4, 0.5) is 10.1 Å². The Morgan fingerprint density at radius 3 is 2.56 bits per heavy atom. The van der Waals surface area contributed by atoms with Crippen LogP contribution in [0, 0.1) is 11.7 Å². The first-order chi connectivity index (χ1) is 15.5.